The minimum atomic E-state index is -0.809. The molecule has 0 aliphatic rings. The van der Waals surface area contributed by atoms with Crippen LogP contribution < -0.4 is 14.8 Å². The Hall–Kier alpha value is -2.73. The molecule has 0 aliphatic heterocycles. The van der Waals surface area contributed by atoms with E-state index in [9.17, 15) is 9.59 Å². The number of nitrogens with one attached hydrogen (secondary N) is 1. The van der Waals surface area contributed by atoms with Gasteiger partial charge in [-0.1, -0.05) is 17.7 Å². The van der Waals surface area contributed by atoms with Gasteiger partial charge in [0.25, 0.3) is 5.91 Å². The Morgan fingerprint density at radius 2 is 1.96 bits per heavy atom. The van der Waals surface area contributed by atoms with Crippen molar-refractivity contribution in [2.75, 3.05) is 19.0 Å². The van der Waals surface area contributed by atoms with Crippen LogP contribution in [0, 0.1) is 0 Å². The molecule has 2 aromatic carbocycles. The zero-order valence-corrected chi connectivity index (χ0v) is 15.5. The summed E-state index contributed by atoms with van der Waals surface area (Å²) in [6.07, 6.45) is -0.809. The van der Waals surface area contributed by atoms with Gasteiger partial charge >= 0.3 is 5.97 Å². The van der Waals surface area contributed by atoms with Crippen molar-refractivity contribution in [3.63, 3.8) is 0 Å². The highest BCUT2D eigenvalue weighted by atomic mass is 35.5. The number of anilines is 1. The fraction of sp³-hybridized carbons (Fsp3) is 0.263. The topological polar surface area (TPSA) is 73.9 Å². The van der Waals surface area contributed by atoms with E-state index < -0.39 is 12.1 Å². The molecule has 0 heterocycles. The van der Waals surface area contributed by atoms with Crippen molar-refractivity contribution in [3.05, 3.63) is 53.1 Å². The molecule has 0 aliphatic carbocycles. The van der Waals surface area contributed by atoms with Gasteiger partial charge in [0.2, 0.25) is 0 Å². The minimum Gasteiger partial charge on any atom is -0.495 e. The van der Waals surface area contributed by atoms with Crippen LogP contribution in [-0.2, 0) is 9.53 Å². The molecule has 6 nitrogen and oxygen atoms in total. The van der Waals surface area contributed by atoms with Crippen molar-refractivity contribution in [1.82, 2.24) is 0 Å². The lowest BCUT2D eigenvalue weighted by atomic mass is 10.2. The van der Waals surface area contributed by atoms with Crippen LogP contribution in [0.2, 0.25) is 5.02 Å². The maximum Gasteiger partial charge on any atom is 0.338 e. The number of halogens is 1. The van der Waals surface area contributed by atoms with Crippen LogP contribution in [0.15, 0.2) is 42.5 Å². The monoisotopic (exact) mass is 377 g/mol. The first-order valence-corrected chi connectivity index (χ1v) is 8.40. The number of methoxy groups -OCH3 is 1. The number of benzene rings is 2. The van der Waals surface area contributed by atoms with Crippen molar-refractivity contribution in [3.8, 4) is 11.5 Å². The molecule has 1 amide bonds. The third-order valence-electron chi connectivity index (χ3n) is 3.45. The smallest absolute Gasteiger partial charge is 0.338 e. The summed E-state index contributed by atoms with van der Waals surface area (Å²) >= 11 is 5.96. The Morgan fingerprint density at radius 1 is 1.19 bits per heavy atom. The Labute approximate surface area is 157 Å². The van der Waals surface area contributed by atoms with Crippen LogP contribution in [0.25, 0.3) is 0 Å². The van der Waals surface area contributed by atoms with Gasteiger partial charge in [-0.25, -0.2) is 4.79 Å². The number of rotatable bonds is 7. The number of carbonyl (C=O) groups excluding carboxylic acids is 2. The van der Waals surface area contributed by atoms with Crippen molar-refractivity contribution in [2.45, 2.75) is 20.0 Å². The van der Waals surface area contributed by atoms with Crippen molar-refractivity contribution in [1.29, 1.82) is 0 Å². The number of esters is 1. The second kappa shape index (κ2) is 9.10. The molecule has 0 fully saturated rings. The number of ether oxygens (including phenoxy) is 3. The van der Waals surface area contributed by atoms with Gasteiger partial charge in [-0.15, -0.1) is 0 Å². The van der Waals surface area contributed by atoms with Crippen LogP contribution in [0.5, 0.6) is 11.5 Å². The number of amides is 1. The molecule has 0 saturated heterocycles. The van der Waals surface area contributed by atoms with Gasteiger partial charge in [0.15, 0.2) is 6.10 Å². The fourth-order valence-electron chi connectivity index (χ4n) is 2.18. The largest absolute Gasteiger partial charge is 0.495 e. The lowest BCUT2D eigenvalue weighted by Gasteiger charge is -2.16. The predicted molar refractivity (Wildman–Crippen MR) is 99.1 cm³/mol. The average molecular weight is 378 g/mol. The Morgan fingerprint density at radius 3 is 2.65 bits per heavy atom. The lowest BCUT2D eigenvalue weighted by Crippen LogP contribution is -2.30. The Bertz CT molecular complexity index is 793. The van der Waals surface area contributed by atoms with Gasteiger partial charge in [-0.05, 0) is 50.2 Å². The van der Waals surface area contributed by atoms with Gasteiger partial charge in [0, 0.05) is 5.02 Å². The second-order valence-electron chi connectivity index (χ2n) is 5.34. The summed E-state index contributed by atoms with van der Waals surface area (Å²) in [6, 6.07) is 11.4. The molecule has 0 aromatic heterocycles. The molecule has 0 spiro atoms. The lowest BCUT2D eigenvalue weighted by molar-refractivity contribution is -0.122. The van der Waals surface area contributed by atoms with E-state index >= 15 is 0 Å². The molecule has 0 unspecified atom stereocenters. The summed E-state index contributed by atoms with van der Waals surface area (Å²) in [6.45, 7) is 3.61. The predicted octanol–water partition coefficient (Wildman–Crippen LogP) is 3.93. The average Bonchev–Trinajstić information content (AvgIpc) is 2.62. The fourth-order valence-corrected chi connectivity index (χ4v) is 2.35. The highest BCUT2D eigenvalue weighted by Gasteiger charge is 2.18. The normalized spacial score (nSPS) is 11.4. The highest BCUT2D eigenvalue weighted by Crippen LogP contribution is 2.28. The molecule has 138 valence electrons. The summed E-state index contributed by atoms with van der Waals surface area (Å²) in [7, 11) is 1.50. The third-order valence-corrected chi connectivity index (χ3v) is 3.68. The molecular weight excluding hydrogens is 358 g/mol. The van der Waals surface area contributed by atoms with E-state index in [0.29, 0.717) is 27.8 Å². The SMILES string of the molecule is CCOC(=O)c1cccc(O[C@H](C)C(=O)Nc2cc(Cl)ccc2OC)c1. The van der Waals surface area contributed by atoms with Crippen LogP contribution in [-0.4, -0.2) is 31.7 Å². The van der Waals surface area contributed by atoms with E-state index in [-0.39, 0.29) is 12.5 Å². The maximum atomic E-state index is 12.4. The molecule has 0 radical (unpaired) electrons. The first-order chi connectivity index (χ1) is 12.4. The van der Waals surface area contributed by atoms with Gasteiger partial charge in [-0.3, -0.25) is 4.79 Å². The van der Waals surface area contributed by atoms with E-state index in [2.05, 4.69) is 5.32 Å². The van der Waals surface area contributed by atoms with Crippen molar-refractivity contribution in [2.24, 2.45) is 0 Å². The third kappa shape index (κ3) is 5.13. The Balaban J connectivity index is 2.07. The summed E-state index contributed by atoms with van der Waals surface area (Å²) in [5.74, 6) is 0.0429. The van der Waals surface area contributed by atoms with Crippen LogP contribution in [0.1, 0.15) is 24.2 Å². The quantitative estimate of drug-likeness (QED) is 0.740. The summed E-state index contributed by atoms with van der Waals surface area (Å²) in [5.41, 5.74) is 0.800. The minimum absolute atomic E-state index is 0.282. The number of hydrogen-bond donors (Lipinski definition) is 1. The summed E-state index contributed by atoms with van der Waals surface area (Å²) < 4.78 is 15.8. The maximum absolute atomic E-state index is 12.4. The molecule has 0 bridgehead atoms. The second-order valence-corrected chi connectivity index (χ2v) is 5.78. The standard InChI is InChI=1S/C19H20ClNO5/c1-4-25-19(23)13-6-5-7-15(10-13)26-12(2)18(22)21-16-11-14(20)8-9-17(16)24-3/h5-12H,4H2,1-3H3,(H,21,22)/t12-/m1/s1. The Kier molecular flexibility index (Phi) is 6.86. The molecule has 7 heteroatoms. The van der Waals surface area contributed by atoms with Crippen molar-refractivity contribution >= 4 is 29.2 Å². The zero-order valence-electron chi connectivity index (χ0n) is 14.7. The number of carbonyl (C=O) groups is 2. The molecule has 1 N–H and O–H groups in total. The van der Waals surface area contributed by atoms with E-state index in [0.717, 1.165) is 0 Å². The van der Waals surface area contributed by atoms with Crippen molar-refractivity contribution < 1.29 is 23.8 Å². The molecular formula is C19H20ClNO5. The first-order valence-electron chi connectivity index (χ1n) is 8.02. The zero-order chi connectivity index (χ0) is 19.1. The van der Waals surface area contributed by atoms with E-state index in [1.54, 1.807) is 50.2 Å². The summed E-state index contributed by atoms with van der Waals surface area (Å²) in [5, 5.41) is 3.18. The van der Waals surface area contributed by atoms with Gasteiger partial charge < -0.3 is 19.5 Å². The molecule has 26 heavy (non-hydrogen) atoms. The molecule has 0 saturated carbocycles. The summed E-state index contributed by atoms with van der Waals surface area (Å²) in [4.78, 5) is 24.2. The first kappa shape index (κ1) is 19.6. The van der Waals surface area contributed by atoms with E-state index in [4.69, 9.17) is 25.8 Å². The van der Waals surface area contributed by atoms with Gasteiger partial charge in [0.1, 0.15) is 11.5 Å². The molecule has 2 aromatic rings. The van der Waals surface area contributed by atoms with Crippen LogP contribution in [0.4, 0.5) is 5.69 Å². The van der Waals surface area contributed by atoms with Gasteiger partial charge in [0.05, 0.1) is 25.0 Å². The molecule has 1 atom stereocenters. The van der Waals surface area contributed by atoms with E-state index in [1.807, 2.05) is 0 Å². The van der Waals surface area contributed by atoms with Gasteiger partial charge in [-0.2, -0.15) is 0 Å². The number of hydrogen-bond acceptors (Lipinski definition) is 5. The highest BCUT2D eigenvalue weighted by molar-refractivity contribution is 6.31. The van der Waals surface area contributed by atoms with Crippen LogP contribution in [0.3, 0.4) is 0 Å². The van der Waals surface area contributed by atoms with E-state index in [1.165, 1.54) is 13.2 Å². The molecule has 2 rings (SSSR count). The van der Waals surface area contributed by atoms with Crippen LogP contribution >= 0.6 is 11.6 Å².